The van der Waals surface area contributed by atoms with E-state index in [2.05, 4.69) is 76.2 Å². The predicted molar refractivity (Wildman–Crippen MR) is 215 cm³/mol. The molecular formula is C46H35BN4O3. The molecule has 0 aliphatic carbocycles. The molecule has 2 aromatic heterocycles. The van der Waals surface area contributed by atoms with Gasteiger partial charge in [-0.1, -0.05) is 103 Å². The Morgan fingerprint density at radius 1 is 0.500 bits per heavy atom. The van der Waals surface area contributed by atoms with E-state index in [-0.39, 0.29) is 0 Å². The first-order valence-corrected chi connectivity index (χ1v) is 18.0. The second-order valence-corrected chi connectivity index (χ2v) is 14.6. The van der Waals surface area contributed by atoms with E-state index in [1.165, 1.54) is 0 Å². The lowest BCUT2D eigenvalue weighted by molar-refractivity contribution is 0.00578. The monoisotopic (exact) mass is 702 g/mol. The second-order valence-electron chi connectivity index (χ2n) is 14.6. The number of para-hydroxylation sites is 1. The molecule has 6 aromatic carbocycles. The van der Waals surface area contributed by atoms with Crippen molar-refractivity contribution < 1.29 is 13.7 Å². The zero-order chi connectivity index (χ0) is 37.0. The summed E-state index contributed by atoms with van der Waals surface area (Å²) in [5.41, 5.74) is 8.49. The lowest BCUT2D eigenvalue weighted by Crippen LogP contribution is -2.41. The standard InChI is InChI=1S/C46H35BN4O3/c1-45(2)46(3,4)54-47(53-45)39-27-32(30-20-18-29(28-48)19-21-30)22-24-35(39)34-14-8-9-16-37(34)44-50-42(31-12-6-5-7-13-31)49-43(51-44)33-23-25-41-38(26-33)36-15-10-11-17-40(36)52-41/h5-27H,1-4H3. The first-order chi connectivity index (χ1) is 26.2. The molecule has 0 spiro atoms. The van der Waals surface area contributed by atoms with Crippen LogP contribution in [0.3, 0.4) is 0 Å². The van der Waals surface area contributed by atoms with E-state index in [1.807, 2.05) is 97.1 Å². The molecule has 3 heterocycles. The fourth-order valence-electron chi connectivity index (χ4n) is 7.01. The number of hydrogen-bond donors (Lipinski definition) is 0. The minimum atomic E-state index is -0.637. The number of hydrogen-bond acceptors (Lipinski definition) is 7. The van der Waals surface area contributed by atoms with E-state index in [9.17, 15) is 5.26 Å². The Balaban J connectivity index is 1.23. The topological polar surface area (TPSA) is 94.1 Å². The Hall–Kier alpha value is -6.40. The molecule has 0 saturated carbocycles. The summed E-state index contributed by atoms with van der Waals surface area (Å²) in [6, 6.07) is 48.5. The zero-order valence-electron chi connectivity index (χ0n) is 30.4. The second kappa shape index (κ2) is 12.9. The third-order valence-corrected chi connectivity index (χ3v) is 10.7. The number of benzene rings is 6. The molecule has 0 N–H and O–H groups in total. The van der Waals surface area contributed by atoms with E-state index in [0.717, 1.165) is 66.3 Å². The maximum absolute atomic E-state index is 9.40. The van der Waals surface area contributed by atoms with Crippen LogP contribution in [0.5, 0.6) is 0 Å². The van der Waals surface area contributed by atoms with E-state index < -0.39 is 18.3 Å². The summed E-state index contributed by atoms with van der Waals surface area (Å²) in [5, 5.41) is 11.4. The third kappa shape index (κ3) is 5.84. The molecule has 1 fully saturated rings. The molecule has 260 valence electrons. The van der Waals surface area contributed by atoms with E-state index >= 15 is 0 Å². The first-order valence-electron chi connectivity index (χ1n) is 18.0. The van der Waals surface area contributed by atoms with Crippen molar-refractivity contribution in [1.29, 1.82) is 5.26 Å². The lowest BCUT2D eigenvalue weighted by atomic mass is 9.72. The van der Waals surface area contributed by atoms with Gasteiger partial charge < -0.3 is 13.7 Å². The van der Waals surface area contributed by atoms with Gasteiger partial charge in [0.2, 0.25) is 0 Å². The van der Waals surface area contributed by atoms with Crippen LogP contribution in [-0.4, -0.2) is 33.3 Å². The normalized spacial score (nSPS) is 14.8. The Kier molecular flexibility index (Phi) is 8.00. The van der Waals surface area contributed by atoms with Gasteiger partial charge in [0.1, 0.15) is 11.2 Å². The first kappa shape index (κ1) is 33.4. The van der Waals surface area contributed by atoms with Crippen molar-refractivity contribution in [2.45, 2.75) is 38.9 Å². The van der Waals surface area contributed by atoms with Crippen molar-refractivity contribution in [1.82, 2.24) is 15.0 Å². The summed E-state index contributed by atoms with van der Waals surface area (Å²) in [6.45, 7) is 8.25. The minimum Gasteiger partial charge on any atom is -0.456 e. The molecule has 0 unspecified atom stereocenters. The Morgan fingerprint density at radius 3 is 1.83 bits per heavy atom. The van der Waals surface area contributed by atoms with Gasteiger partial charge >= 0.3 is 7.12 Å². The van der Waals surface area contributed by atoms with Gasteiger partial charge in [-0.05, 0) is 91.8 Å². The SMILES string of the molecule is CC1(C)OB(c2cc(-c3ccc(C#N)cc3)ccc2-c2ccccc2-c2nc(-c3ccccc3)nc(-c3ccc4oc5ccccc5c4c3)n2)OC1(C)C. The largest absolute Gasteiger partial charge is 0.495 e. The average Bonchev–Trinajstić information content (AvgIpc) is 3.69. The minimum absolute atomic E-state index is 0.544. The molecule has 1 aliphatic heterocycles. The lowest BCUT2D eigenvalue weighted by Gasteiger charge is -2.32. The van der Waals surface area contributed by atoms with E-state index in [1.54, 1.807) is 0 Å². The zero-order valence-corrected chi connectivity index (χ0v) is 30.4. The average molecular weight is 703 g/mol. The van der Waals surface area contributed by atoms with Gasteiger partial charge in [-0.25, -0.2) is 15.0 Å². The fraction of sp³-hybridized carbons (Fsp3) is 0.130. The number of furan rings is 1. The van der Waals surface area contributed by atoms with Gasteiger partial charge in [0, 0.05) is 27.5 Å². The van der Waals surface area contributed by atoms with Crippen molar-refractivity contribution in [2.24, 2.45) is 0 Å². The molecule has 0 amide bonds. The van der Waals surface area contributed by atoms with E-state index in [4.69, 9.17) is 28.7 Å². The Morgan fingerprint density at radius 2 is 1.09 bits per heavy atom. The highest BCUT2D eigenvalue weighted by Gasteiger charge is 2.52. The summed E-state index contributed by atoms with van der Waals surface area (Å²) in [7, 11) is -0.637. The number of rotatable bonds is 6. The molecular weight excluding hydrogens is 667 g/mol. The van der Waals surface area contributed by atoms with Crippen molar-refractivity contribution in [2.75, 3.05) is 0 Å². The Bertz CT molecular complexity index is 2740. The van der Waals surface area contributed by atoms with Crippen molar-refractivity contribution in [3.8, 4) is 62.5 Å². The molecule has 0 bridgehead atoms. The van der Waals surface area contributed by atoms with Crippen molar-refractivity contribution in [3.05, 3.63) is 145 Å². The van der Waals surface area contributed by atoms with Gasteiger partial charge in [0.05, 0.1) is 22.8 Å². The van der Waals surface area contributed by atoms with Crippen LogP contribution in [0.1, 0.15) is 33.3 Å². The van der Waals surface area contributed by atoms with Gasteiger partial charge in [0.15, 0.2) is 17.5 Å². The highest BCUT2D eigenvalue weighted by atomic mass is 16.7. The van der Waals surface area contributed by atoms with Gasteiger partial charge in [0.25, 0.3) is 0 Å². The molecule has 0 atom stereocenters. The molecule has 1 aliphatic rings. The molecule has 8 heteroatoms. The van der Waals surface area contributed by atoms with Crippen molar-refractivity contribution >= 4 is 34.5 Å². The van der Waals surface area contributed by atoms with E-state index in [0.29, 0.717) is 23.0 Å². The smallest absolute Gasteiger partial charge is 0.456 e. The van der Waals surface area contributed by atoms with Gasteiger partial charge in [-0.2, -0.15) is 5.26 Å². The molecule has 1 saturated heterocycles. The van der Waals surface area contributed by atoms with Crippen LogP contribution in [0, 0.1) is 11.3 Å². The summed E-state index contributed by atoms with van der Waals surface area (Å²) >= 11 is 0. The van der Waals surface area contributed by atoms with Gasteiger partial charge in [-0.15, -0.1) is 0 Å². The summed E-state index contributed by atoms with van der Waals surface area (Å²) in [5.74, 6) is 1.68. The number of nitriles is 1. The number of aromatic nitrogens is 3. The van der Waals surface area contributed by atoms with Crippen molar-refractivity contribution in [3.63, 3.8) is 0 Å². The maximum Gasteiger partial charge on any atom is 0.495 e. The molecule has 54 heavy (non-hydrogen) atoms. The van der Waals surface area contributed by atoms with Crippen LogP contribution in [0.4, 0.5) is 0 Å². The molecule has 0 radical (unpaired) electrons. The summed E-state index contributed by atoms with van der Waals surface area (Å²) < 4.78 is 19.5. The molecule has 8 aromatic rings. The molecule has 7 nitrogen and oxygen atoms in total. The quantitative estimate of drug-likeness (QED) is 0.159. The predicted octanol–water partition coefficient (Wildman–Crippen LogP) is 10.3. The van der Waals surface area contributed by atoms with Gasteiger partial charge in [-0.3, -0.25) is 0 Å². The van der Waals surface area contributed by atoms with Crippen LogP contribution in [-0.2, 0) is 9.31 Å². The Labute approximate surface area is 314 Å². The number of fused-ring (bicyclic) bond motifs is 3. The van der Waals surface area contributed by atoms with Crippen LogP contribution in [0.2, 0.25) is 0 Å². The summed E-state index contributed by atoms with van der Waals surface area (Å²) in [4.78, 5) is 15.3. The fourth-order valence-corrected chi connectivity index (χ4v) is 7.01. The van der Waals surface area contributed by atoms with Crippen LogP contribution < -0.4 is 5.46 Å². The van der Waals surface area contributed by atoms with Crippen LogP contribution >= 0.6 is 0 Å². The third-order valence-electron chi connectivity index (χ3n) is 10.7. The summed E-state index contributed by atoms with van der Waals surface area (Å²) in [6.07, 6.45) is 0. The molecule has 9 rings (SSSR count). The van der Waals surface area contributed by atoms with Crippen LogP contribution in [0.15, 0.2) is 144 Å². The highest BCUT2D eigenvalue weighted by Crippen LogP contribution is 2.40. The highest BCUT2D eigenvalue weighted by molar-refractivity contribution is 6.64. The van der Waals surface area contributed by atoms with Crippen LogP contribution in [0.25, 0.3) is 78.4 Å². The maximum atomic E-state index is 9.40. The number of nitrogens with zero attached hydrogens (tertiary/aromatic N) is 4.